The molecule has 0 aromatic heterocycles. The Morgan fingerprint density at radius 2 is 2.24 bits per heavy atom. The van der Waals surface area contributed by atoms with E-state index in [-0.39, 0.29) is 16.6 Å². The Kier molecular flexibility index (Phi) is 3.60. The number of nitrogen functional groups attached to an aromatic ring is 1. The highest BCUT2D eigenvalue weighted by Gasteiger charge is 2.25. The summed E-state index contributed by atoms with van der Waals surface area (Å²) >= 11 is 1.68. The Morgan fingerprint density at radius 3 is 2.88 bits per heavy atom. The van der Waals surface area contributed by atoms with Crippen LogP contribution in [0.25, 0.3) is 0 Å². The summed E-state index contributed by atoms with van der Waals surface area (Å²) in [4.78, 5) is -0.380. The van der Waals surface area contributed by atoms with Crippen LogP contribution in [0.4, 0.5) is 10.1 Å². The van der Waals surface area contributed by atoms with E-state index in [1.807, 2.05) is 0 Å². The van der Waals surface area contributed by atoms with Crippen LogP contribution in [0.5, 0.6) is 0 Å². The second-order valence-corrected chi connectivity index (χ2v) is 6.70. The van der Waals surface area contributed by atoms with Gasteiger partial charge in [-0.15, -0.1) is 0 Å². The molecule has 0 radical (unpaired) electrons. The summed E-state index contributed by atoms with van der Waals surface area (Å²) in [7, 11) is -3.82. The van der Waals surface area contributed by atoms with Crippen LogP contribution in [-0.2, 0) is 10.0 Å². The average molecular weight is 276 g/mol. The van der Waals surface area contributed by atoms with E-state index in [9.17, 15) is 12.8 Å². The first-order valence-corrected chi connectivity index (χ1v) is 7.78. The molecule has 1 aromatic carbocycles. The van der Waals surface area contributed by atoms with Crippen LogP contribution in [-0.4, -0.2) is 26.0 Å². The van der Waals surface area contributed by atoms with Crippen molar-refractivity contribution in [3.05, 3.63) is 24.0 Å². The molecule has 0 aliphatic carbocycles. The summed E-state index contributed by atoms with van der Waals surface area (Å²) in [6.07, 6.45) is 0.772. The van der Waals surface area contributed by atoms with Gasteiger partial charge < -0.3 is 5.73 Å². The van der Waals surface area contributed by atoms with Crippen molar-refractivity contribution in [3.63, 3.8) is 0 Å². The van der Waals surface area contributed by atoms with Crippen LogP contribution in [0, 0.1) is 5.82 Å². The van der Waals surface area contributed by atoms with Gasteiger partial charge in [0.25, 0.3) is 0 Å². The zero-order chi connectivity index (χ0) is 12.5. The van der Waals surface area contributed by atoms with Gasteiger partial charge >= 0.3 is 0 Å². The van der Waals surface area contributed by atoms with Gasteiger partial charge in [0.05, 0.1) is 0 Å². The van der Waals surface area contributed by atoms with Crippen molar-refractivity contribution in [2.45, 2.75) is 17.4 Å². The second-order valence-electron chi connectivity index (χ2n) is 3.87. The Balaban J connectivity index is 2.27. The van der Waals surface area contributed by atoms with Crippen LogP contribution in [0.2, 0.25) is 0 Å². The van der Waals surface area contributed by atoms with Crippen molar-refractivity contribution in [2.75, 3.05) is 17.2 Å². The van der Waals surface area contributed by atoms with Gasteiger partial charge in [0, 0.05) is 17.5 Å². The van der Waals surface area contributed by atoms with Crippen LogP contribution in [0.1, 0.15) is 6.42 Å². The maximum absolute atomic E-state index is 13.5. The number of thioether (sulfide) groups is 1. The molecule has 17 heavy (non-hydrogen) atoms. The van der Waals surface area contributed by atoms with Gasteiger partial charge in [0.15, 0.2) is 0 Å². The predicted octanol–water partition coefficient (Wildman–Crippen LogP) is 1.19. The van der Waals surface area contributed by atoms with E-state index in [2.05, 4.69) is 4.72 Å². The third-order valence-corrected chi connectivity index (χ3v) is 5.19. The lowest BCUT2D eigenvalue weighted by atomic mass is 10.3. The summed E-state index contributed by atoms with van der Waals surface area (Å²) < 4.78 is 39.8. The van der Waals surface area contributed by atoms with E-state index in [0.717, 1.165) is 30.1 Å². The molecule has 1 atom stereocenters. The highest BCUT2D eigenvalue weighted by molar-refractivity contribution is 7.99. The van der Waals surface area contributed by atoms with Gasteiger partial charge in [-0.3, -0.25) is 0 Å². The van der Waals surface area contributed by atoms with Gasteiger partial charge in [-0.1, -0.05) is 0 Å². The zero-order valence-electron chi connectivity index (χ0n) is 9.02. The number of halogens is 1. The average Bonchev–Trinajstić information content (AvgIpc) is 2.73. The topological polar surface area (TPSA) is 72.2 Å². The van der Waals surface area contributed by atoms with E-state index in [4.69, 9.17) is 5.73 Å². The van der Waals surface area contributed by atoms with E-state index in [1.54, 1.807) is 11.8 Å². The smallest absolute Gasteiger partial charge is 0.243 e. The number of benzene rings is 1. The Morgan fingerprint density at radius 1 is 1.47 bits per heavy atom. The maximum Gasteiger partial charge on any atom is 0.243 e. The number of hydrogen-bond acceptors (Lipinski definition) is 4. The molecule has 1 fully saturated rings. The summed E-state index contributed by atoms with van der Waals surface area (Å²) in [5.74, 6) is 0.868. The van der Waals surface area contributed by atoms with Gasteiger partial charge in [-0.25, -0.2) is 17.5 Å². The molecule has 1 saturated heterocycles. The third-order valence-electron chi connectivity index (χ3n) is 2.50. The fourth-order valence-corrected chi connectivity index (χ4v) is 4.28. The number of anilines is 1. The van der Waals surface area contributed by atoms with Crippen LogP contribution in [0.3, 0.4) is 0 Å². The minimum Gasteiger partial charge on any atom is -0.399 e. The number of rotatable bonds is 3. The molecular weight excluding hydrogens is 263 g/mol. The van der Waals surface area contributed by atoms with Crippen LogP contribution in [0.15, 0.2) is 23.1 Å². The molecule has 4 nitrogen and oxygen atoms in total. The van der Waals surface area contributed by atoms with Crippen molar-refractivity contribution in [1.29, 1.82) is 0 Å². The SMILES string of the molecule is Nc1ccc(F)c(S(=O)(=O)NC2CCSC2)c1. The lowest BCUT2D eigenvalue weighted by Crippen LogP contribution is -2.35. The highest BCUT2D eigenvalue weighted by atomic mass is 32.2. The zero-order valence-corrected chi connectivity index (χ0v) is 10.7. The molecule has 1 aliphatic rings. The van der Waals surface area contributed by atoms with Gasteiger partial charge in [0.2, 0.25) is 10.0 Å². The molecule has 0 spiro atoms. The summed E-state index contributed by atoms with van der Waals surface area (Å²) in [6, 6.07) is 3.41. The molecule has 1 unspecified atom stereocenters. The van der Waals surface area contributed by atoms with Crippen LogP contribution >= 0.6 is 11.8 Å². The number of sulfonamides is 1. The van der Waals surface area contributed by atoms with Crippen LogP contribution < -0.4 is 10.5 Å². The maximum atomic E-state index is 13.5. The van der Waals surface area contributed by atoms with Crippen molar-refractivity contribution in [2.24, 2.45) is 0 Å². The molecule has 1 heterocycles. The Bertz CT molecular complexity index is 513. The Labute approximate surface area is 104 Å². The fraction of sp³-hybridized carbons (Fsp3) is 0.400. The lowest BCUT2D eigenvalue weighted by molar-refractivity contribution is 0.544. The van der Waals surface area contributed by atoms with E-state index in [1.165, 1.54) is 6.07 Å². The van der Waals surface area contributed by atoms with E-state index in [0.29, 0.717) is 0 Å². The molecule has 2 rings (SSSR count). The molecule has 7 heteroatoms. The van der Waals surface area contributed by atoms with Gasteiger partial charge in [-0.2, -0.15) is 11.8 Å². The van der Waals surface area contributed by atoms with Gasteiger partial charge in [0.1, 0.15) is 10.7 Å². The molecule has 1 aliphatic heterocycles. The van der Waals surface area contributed by atoms with Crippen molar-refractivity contribution in [1.82, 2.24) is 4.72 Å². The van der Waals surface area contributed by atoms with E-state index < -0.39 is 15.8 Å². The van der Waals surface area contributed by atoms with Crippen molar-refractivity contribution in [3.8, 4) is 0 Å². The minimum absolute atomic E-state index is 0.120. The molecule has 0 bridgehead atoms. The fourth-order valence-electron chi connectivity index (χ4n) is 1.64. The Hall–Kier alpha value is -0.790. The number of nitrogens with one attached hydrogen (secondary N) is 1. The summed E-state index contributed by atoms with van der Waals surface area (Å²) in [5.41, 5.74) is 5.70. The minimum atomic E-state index is -3.82. The van der Waals surface area contributed by atoms with Gasteiger partial charge in [-0.05, 0) is 30.4 Å². The standard InChI is InChI=1S/C10H13FN2O2S2/c11-9-2-1-7(12)5-10(9)17(14,15)13-8-3-4-16-6-8/h1-2,5,8,13H,3-4,6,12H2. The molecule has 1 aromatic rings. The lowest BCUT2D eigenvalue weighted by Gasteiger charge is -2.12. The normalized spacial score (nSPS) is 20.6. The molecule has 0 amide bonds. The second kappa shape index (κ2) is 4.83. The third kappa shape index (κ3) is 2.91. The molecule has 94 valence electrons. The summed E-state index contributed by atoms with van der Waals surface area (Å²) in [6.45, 7) is 0. The first kappa shape index (κ1) is 12.7. The first-order chi connectivity index (χ1) is 7.99. The van der Waals surface area contributed by atoms with E-state index >= 15 is 0 Å². The number of nitrogens with two attached hydrogens (primary N) is 1. The first-order valence-electron chi connectivity index (χ1n) is 5.14. The number of hydrogen-bond donors (Lipinski definition) is 2. The van der Waals surface area contributed by atoms with Crippen molar-refractivity contribution >= 4 is 27.5 Å². The molecule has 3 N–H and O–H groups in total. The monoisotopic (exact) mass is 276 g/mol. The molecule has 0 saturated carbocycles. The predicted molar refractivity (Wildman–Crippen MR) is 66.9 cm³/mol. The van der Waals surface area contributed by atoms with Crippen molar-refractivity contribution < 1.29 is 12.8 Å². The summed E-state index contributed by atoms with van der Waals surface area (Å²) in [5, 5.41) is 0. The largest absolute Gasteiger partial charge is 0.399 e. The quantitative estimate of drug-likeness (QED) is 0.814. The molecular formula is C10H13FN2O2S2. The highest BCUT2D eigenvalue weighted by Crippen LogP contribution is 2.22.